The van der Waals surface area contributed by atoms with Crippen LogP contribution in [-0.2, 0) is 9.53 Å². The topological polar surface area (TPSA) is 107 Å². The van der Waals surface area contributed by atoms with Crippen LogP contribution >= 0.6 is 0 Å². The standard InChI is InChI=1S/C20H23N3O5/c1-10(2)26-17(24)6-7-21-19(25)15-9-16(14-8-11(3)27-13(14)5)22-20-18(15)12(4)23-28-20/h8-10H,6-7H2,1-5H3,(H,21,25). The van der Waals surface area contributed by atoms with Crippen molar-refractivity contribution in [1.29, 1.82) is 0 Å². The fourth-order valence-electron chi connectivity index (χ4n) is 2.99. The molecule has 148 valence electrons. The number of furan rings is 1. The Kier molecular flexibility index (Phi) is 5.48. The number of hydrogen-bond acceptors (Lipinski definition) is 7. The van der Waals surface area contributed by atoms with Crippen molar-refractivity contribution in [2.45, 2.75) is 47.1 Å². The van der Waals surface area contributed by atoms with Gasteiger partial charge in [0.05, 0.1) is 34.9 Å². The molecule has 3 aromatic rings. The van der Waals surface area contributed by atoms with Gasteiger partial charge in [0, 0.05) is 12.1 Å². The van der Waals surface area contributed by atoms with Crippen molar-refractivity contribution >= 4 is 23.0 Å². The lowest BCUT2D eigenvalue weighted by atomic mass is 10.1. The van der Waals surface area contributed by atoms with Crippen LogP contribution in [0.25, 0.3) is 22.4 Å². The Morgan fingerprint density at radius 2 is 1.96 bits per heavy atom. The molecule has 0 radical (unpaired) electrons. The zero-order valence-corrected chi connectivity index (χ0v) is 16.6. The van der Waals surface area contributed by atoms with Crippen LogP contribution in [0.2, 0.25) is 0 Å². The molecule has 3 heterocycles. The van der Waals surface area contributed by atoms with E-state index in [9.17, 15) is 9.59 Å². The number of nitrogens with zero attached hydrogens (tertiary/aromatic N) is 2. The third-order valence-corrected chi connectivity index (χ3v) is 4.16. The lowest BCUT2D eigenvalue weighted by Crippen LogP contribution is -2.27. The van der Waals surface area contributed by atoms with Crippen LogP contribution in [0.4, 0.5) is 0 Å². The van der Waals surface area contributed by atoms with Gasteiger partial charge in [-0.3, -0.25) is 9.59 Å². The van der Waals surface area contributed by atoms with Crippen LogP contribution in [-0.4, -0.2) is 34.7 Å². The van der Waals surface area contributed by atoms with E-state index in [-0.39, 0.29) is 36.7 Å². The first-order valence-corrected chi connectivity index (χ1v) is 9.08. The van der Waals surface area contributed by atoms with E-state index in [1.54, 1.807) is 26.8 Å². The molecule has 0 aromatic carbocycles. The summed E-state index contributed by atoms with van der Waals surface area (Å²) in [5, 5.41) is 7.22. The van der Waals surface area contributed by atoms with Gasteiger partial charge >= 0.3 is 5.97 Å². The predicted molar refractivity (Wildman–Crippen MR) is 102 cm³/mol. The molecule has 0 unspecified atom stereocenters. The molecule has 0 aliphatic carbocycles. The Labute approximate surface area is 162 Å². The maximum absolute atomic E-state index is 12.8. The van der Waals surface area contributed by atoms with E-state index in [2.05, 4.69) is 15.5 Å². The van der Waals surface area contributed by atoms with Crippen LogP contribution in [0, 0.1) is 20.8 Å². The lowest BCUT2D eigenvalue weighted by Gasteiger charge is -2.09. The zero-order chi connectivity index (χ0) is 20.4. The molecule has 0 saturated carbocycles. The van der Waals surface area contributed by atoms with Crippen LogP contribution in [0.5, 0.6) is 0 Å². The molecule has 0 aliphatic heterocycles. The van der Waals surface area contributed by atoms with E-state index in [1.165, 1.54) is 0 Å². The van der Waals surface area contributed by atoms with E-state index >= 15 is 0 Å². The molecule has 0 saturated heterocycles. The molecule has 8 heteroatoms. The largest absolute Gasteiger partial charge is 0.466 e. The van der Waals surface area contributed by atoms with Crippen LogP contribution in [0.1, 0.15) is 47.8 Å². The average molecular weight is 385 g/mol. The molecule has 0 spiro atoms. The van der Waals surface area contributed by atoms with Crippen molar-refractivity contribution in [3.63, 3.8) is 0 Å². The molecule has 0 bridgehead atoms. The number of nitrogens with one attached hydrogen (secondary N) is 1. The summed E-state index contributed by atoms with van der Waals surface area (Å²) in [5.74, 6) is 0.748. The van der Waals surface area contributed by atoms with Gasteiger partial charge in [0.25, 0.3) is 11.6 Å². The summed E-state index contributed by atoms with van der Waals surface area (Å²) in [4.78, 5) is 28.9. The Balaban J connectivity index is 1.88. The van der Waals surface area contributed by atoms with Crippen molar-refractivity contribution in [3.05, 3.63) is 34.9 Å². The smallest absolute Gasteiger partial charge is 0.307 e. The number of pyridine rings is 1. The second-order valence-electron chi connectivity index (χ2n) is 6.87. The van der Waals surface area contributed by atoms with E-state index in [1.807, 2.05) is 19.9 Å². The molecule has 3 aromatic heterocycles. The number of carbonyl (C=O) groups excluding carboxylic acids is 2. The molecule has 8 nitrogen and oxygen atoms in total. The second-order valence-corrected chi connectivity index (χ2v) is 6.87. The first kappa shape index (κ1) is 19.6. The molecule has 0 atom stereocenters. The number of ether oxygens (including phenoxy) is 1. The predicted octanol–water partition coefficient (Wildman–Crippen LogP) is 3.48. The Morgan fingerprint density at radius 3 is 2.61 bits per heavy atom. The number of aryl methyl sites for hydroxylation is 3. The highest BCUT2D eigenvalue weighted by atomic mass is 16.5. The SMILES string of the molecule is Cc1cc(-c2cc(C(=O)NCCC(=O)OC(C)C)c3c(C)noc3n2)c(C)o1. The van der Waals surface area contributed by atoms with Gasteiger partial charge in [0.1, 0.15) is 11.5 Å². The first-order chi connectivity index (χ1) is 13.3. The van der Waals surface area contributed by atoms with Crippen molar-refractivity contribution in [2.75, 3.05) is 6.54 Å². The number of esters is 1. The minimum atomic E-state index is -0.360. The highest BCUT2D eigenvalue weighted by molar-refractivity contribution is 6.07. The minimum Gasteiger partial charge on any atom is -0.466 e. The van der Waals surface area contributed by atoms with E-state index in [4.69, 9.17) is 13.7 Å². The average Bonchev–Trinajstić information content (AvgIpc) is 3.15. The fourth-order valence-corrected chi connectivity index (χ4v) is 2.99. The van der Waals surface area contributed by atoms with E-state index in [0.29, 0.717) is 28.1 Å². The summed E-state index contributed by atoms with van der Waals surface area (Å²) in [6, 6.07) is 3.54. The van der Waals surface area contributed by atoms with Gasteiger partial charge in [-0.15, -0.1) is 0 Å². The van der Waals surface area contributed by atoms with Crippen LogP contribution in [0.3, 0.4) is 0 Å². The molecular weight excluding hydrogens is 362 g/mol. The number of amides is 1. The Bertz CT molecular complexity index is 1030. The van der Waals surface area contributed by atoms with Gasteiger partial charge < -0.3 is 19.0 Å². The molecular formula is C20H23N3O5. The molecule has 0 fully saturated rings. The molecule has 1 N–H and O–H groups in total. The summed E-state index contributed by atoms with van der Waals surface area (Å²) < 4.78 is 15.9. The summed E-state index contributed by atoms with van der Waals surface area (Å²) in [6.07, 6.45) is -0.0971. The summed E-state index contributed by atoms with van der Waals surface area (Å²) >= 11 is 0. The molecule has 0 aliphatic rings. The summed E-state index contributed by atoms with van der Waals surface area (Å²) in [5.41, 5.74) is 2.57. The molecule has 1 amide bonds. The zero-order valence-electron chi connectivity index (χ0n) is 16.6. The lowest BCUT2D eigenvalue weighted by molar-refractivity contribution is -0.147. The maximum Gasteiger partial charge on any atom is 0.307 e. The van der Waals surface area contributed by atoms with Crippen molar-refractivity contribution in [3.8, 4) is 11.3 Å². The third-order valence-electron chi connectivity index (χ3n) is 4.16. The Hall–Kier alpha value is -3.16. The summed E-state index contributed by atoms with van der Waals surface area (Å²) in [6.45, 7) is 9.15. The highest BCUT2D eigenvalue weighted by Gasteiger charge is 2.21. The van der Waals surface area contributed by atoms with Crippen molar-refractivity contribution < 1.29 is 23.3 Å². The number of rotatable bonds is 6. The van der Waals surface area contributed by atoms with Crippen molar-refractivity contribution in [2.24, 2.45) is 0 Å². The normalized spacial score (nSPS) is 11.2. The minimum absolute atomic E-state index is 0.0909. The van der Waals surface area contributed by atoms with Gasteiger partial charge in [-0.2, -0.15) is 0 Å². The summed E-state index contributed by atoms with van der Waals surface area (Å²) in [7, 11) is 0. The fraction of sp³-hybridized carbons (Fsp3) is 0.400. The first-order valence-electron chi connectivity index (χ1n) is 9.08. The number of hydrogen-bond donors (Lipinski definition) is 1. The van der Waals surface area contributed by atoms with Crippen LogP contribution in [0.15, 0.2) is 21.1 Å². The van der Waals surface area contributed by atoms with Gasteiger partial charge in [-0.25, -0.2) is 4.98 Å². The number of aromatic nitrogens is 2. The van der Waals surface area contributed by atoms with E-state index in [0.717, 1.165) is 11.3 Å². The number of fused-ring (bicyclic) bond motifs is 1. The maximum atomic E-state index is 12.8. The number of carbonyl (C=O) groups is 2. The van der Waals surface area contributed by atoms with Gasteiger partial charge in [-0.1, -0.05) is 5.16 Å². The van der Waals surface area contributed by atoms with E-state index < -0.39 is 0 Å². The van der Waals surface area contributed by atoms with Gasteiger partial charge in [0.2, 0.25) is 0 Å². The van der Waals surface area contributed by atoms with Crippen LogP contribution < -0.4 is 5.32 Å². The van der Waals surface area contributed by atoms with Crippen molar-refractivity contribution in [1.82, 2.24) is 15.5 Å². The van der Waals surface area contributed by atoms with Gasteiger partial charge in [-0.05, 0) is 46.8 Å². The van der Waals surface area contributed by atoms with Gasteiger partial charge in [0.15, 0.2) is 0 Å². The Morgan fingerprint density at radius 1 is 1.21 bits per heavy atom. The monoisotopic (exact) mass is 385 g/mol. The quantitative estimate of drug-likeness (QED) is 0.647. The highest BCUT2D eigenvalue weighted by Crippen LogP contribution is 2.30. The third kappa shape index (κ3) is 4.05. The molecule has 3 rings (SSSR count). The second kappa shape index (κ2) is 7.84. The molecule has 28 heavy (non-hydrogen) atoms.